The fourth-order valence-electron chi connectivity index (χ4n) is 6.19. The number of carbonyl (C=O) groups is 3. The standard InChI is InChI=1S/C20H21N3O6S/c1-30-7-6-13(20(26)27)22-18(24)14-9-8-10(15(14)19(22)25)17-16(9)21(17)11-4-2-3-5-12(11)23(28)29/h2-5,9-10,13-17H,6-8H2,1H3,(H,26,27). The number of carboxylic acid groups (broad SMARTS) is 1. The number of anilines is 1. The predicted molar refractivity (Wildman–Crippen MR) is 108 cm³/mol. The zero-order valence-corrected chi connectivity index (χ0v) is 17.0. The Morgan fingerprint density at radius 1 is 1.23 bits per heavy atom. The molecule has 158 valence electrons. The molecule has 2 saturated heterocycles. The number of nitro groups is 1. The first-order valence-electron chi connectivity index (χ1n) is 9.99. The molecule has 2 saturated carbocycles. The smallest absolute Gasteiger partial charge is 0.326 e. The van der Waals surface area contributed by atoms with E-state index in [1.807, 2.05) is 11.2 Å². The number of para-hydroxylation sites is 2. The highest BCUT2D eigenvalue weighted by molar-refractivity contribution is 7.98. The molecule has 10 heteroatoms. The van der Waals surface area contributed by atoms with Crippen LogP contribution in [0.15, 0.2) is 24.3 Å². The molecule has 2 aliphatic heterocycles. The van der Waals surface area contributed by atoms with E-state index >= 15 is 0 Å². The van der Waals surface area contributed by atoms with E-state index in [-0.39, 0.29) is 47.8 Å². The zero-order valence-electron chi connectivity index (χ0n) is 16.2. The average molecular weight is 431 g/mol. The summed E-state index contributed by atoms with van der Waals surface area (Å²) in [5.41, 5.74) is 0.561. The van der Waals surface area contributed by atoms with Gasteiger partial charge in [-0.2, -0.15) is 11.8 Å². The summed E-state index contributed by atoms with van der Waals surface area (Å²) >= 11 is 1.48. The van der Waals surface area contributed by atoms with Crippen LogP contribution in [0.5, 0.6) is 0 Å². The van der Waals surface area contributed by atoms with Gasteiger partial charge in [0.15, 0.2) is 0 Å². The molecule has 30 heavy (non-hydrogen) atoms. The van der Waals surface area contributed by atoms with E-state index in [2.05, 4.69) is 0 Å². The molecule has 1 N–H and O–H groups in total. The van der Waals surface area contributed by atoms with Gasteiger partial charge in [-0.15, -0.1) is 0 Å². The highest BCUT2D eigenvalue weighted by Gasteiger charge is 2.76. The number of carbonyl (C=O) groups excluding carboxylic acids is 2. The highest BCUT2D eigenvalue weighted by Crippen LogP contribution is 2.66. The molecule has 0 aromatic heterocycles. The second-order valence-corrected chi connectivity index (χ2v) is 9.42. The van der Waals surface area contributed by atoms with E-state index in [4.69, 9.17) is 0 Å². The molecule has 7 unspecified atom stereocenters. The van der Waals surface area contributed by atoms with Crippen molar-refractivity contribution in [3.8, 4) is 0 Å². The minimum absolute atomic E-state index is 0.00326. The van der Waals surface area contributed by atoms with Crippen LogP contribution in [-0.2, 0) is 14.4 Å². The number of fused-ring (bicyclic) bond motifs is 8. The molecular formula is C20H21N3O6S. The minimum atomic E-state index is -1.15. The fourth-order valence-corrected chi connectivity index (χ4v) is 6.65. The molecule has 2 amide bonds. The van der Waals surface area contributed by atoms with E-state index < -0.39 is 28.8 Å². The van der Waals surface area contributed by atoms with Crippen molar-refractivity contribution in [3.05, 3.63) is 34.4 Å². The van der Waals surface area contributed by atoms with Crippen molar-refractivity contribution in [2.45, 2.75) is 31.0 Å². The Bertz CT molecular complexity index is 936. The normalized spacial score (nSPS) is 34.2. The molecule has 2 bridgehead atoms. The van der Waals surface area contributed by atoms with Gasteiger partial charge in [-0.1, -0.05) is 12.1 Å². The third-order valence-electron chi connectivity index (χ3n) is 7.23. The maximum Gasteiger partial charge on any atom is 0.326 e. The number of carboxylic acids is 1. The third kappa shape index (κ3) is 2.46. The Morgan fingerprint density at radius 3 is 2.37 bits per heavy atom. The summed E-state index contributed by atoms with van der Waals surface area (Å²) in [5, 5.41) is 21.0. The van der Waals surface area contributed by atoms with Gasteiger partial charge >= 0.3 is 5.97 Å². The molecule has 1 aromatic carbocycles. The lowest BCUT2D eigenvalue weighted by Crippen LogP contribution is -2.47. The first kappa shape index (κ1) is 19.3. The topological polar surface area (TPSA) is 121 Å². The van der Waals surface area contributed by atoms with E-state index in [1.54, 1.807) is 18.2 Å². The quantitative estimate of drug-likeness (QED) is 0.299. The average Bonchev–Trinajstić information content (AvgIpc) is 3.06. The molecule has 5 rings (SSSR count). The van der Waals surface area contributed by atoms with Crippen LogP contribution in [0.25, 0.3) is 0 Å². The second kappa shape index (κ2) is 6.69. The number of piperidine rings is 1. The van der Waals surface area contributed by atoms with Crippen LogP contribution in [0.3, 0.4) is 0 Å². The Kier molecular flexibility index (Phi) is 4.32. The number of nitro benzene ring substituents is 1. The number of amides is 2. The molecule has 9 nitrogen and oxygen atoms in total. The van der Waals surface area contributed by atoms with Gasteiger partial charge in [0.05, 0.1) is 28.8 Å². The van der Waals surface area contributed by atoms with Crippen LogP contribution >= 0.6 is 11.8 Å². The second-order valence-electron chi connectivity index (χ2n) is 8.43. The summed E-state index contributed by atoms with van der Waals surface area (Å²) in [6.07, 6.45) is 2.83. The largest absolute Gasteiger partial charge is 0.480 e. The summed E-state index contributed by atoms with van der Waals surface area (Å²) in [4.78, 5) is 52.2. The molecule has 4 fully saturated rings. The van der Waals surface area contributed by atoms with Crippen molar-refractivity contribution in [1.82, 2.24) is 4.90 Å². The lowest BCUT2D eigenvalue weighted by Gasteiger charge is -2.25. The predicted octanol–water partition coefficient (Wildman–Crippen LogP) is 1.61. The molecule has 7 atom stereocenters. The highest BCUT2D eigenvalue weighted by atomic mass is 32.2. The van der Waals surface area contributed by atoms with Crippen LogP contribution in [0.2, 0.25) is 0 Å². The van der Waals surface area contributed by atoms with Gasteiger partial charge in [-0.3, -0.25) is 24.6 Å². The minimum Gasteiger partial charge on any atom is -0.480 e. The summed E-state index contributed by atoms with van der Waals surface area (Å²) in [5.74, 6) is -2.50. The van der Waals surface area contributed by atoms with Crippen molar-refractivity contribution < 1.29 is 24.4 Å². The van der Waals surface area contributed by atoms with Gasteiger partial charge in [0.1, 0.15) is 11.7 Å². The van der Waals surface area contributed by atoms with Crippen molar-refractivity contribution >= 4 is 40.9 Å². The van der Waals surface area contributed by atoms with Crippen LogP contribution in [0.1, 0.15) is 12.8 Å². The molecule has 0 spiro atoms. The third-order valence-corrected chi connectivity index (χ3v) is 7.87. The van der Waals surface area contributed by atoms with Crippen molar-refractivity contribution in [2.24, 2.45) is 23.7 Å². The van der Waals surface area contributed by atoms with Gasteiger partial charge in [-0.25, -0.2) is 4.79 Å². The van der Waals surface area contributed by atoms with Crippen LogP contribution in [-0.4, -0.2) is 62.8 Å². The molecule has 1 aromatic rings. The number of likely N-dealkylation sites (tertiary alicyclic amines) is 1. The summed E-state index contributed by atoms with van der Waals surface area (Å²) < 4.78 is 0. The van der Waals surface area contributed by atoms with E-state index in [0.29, 0.717) is 11.4 Å². The maximum absolute atomic E-state index is 13.2. The van der Waals surface area contributed by atoms with Crippen LogP contribution < -0.4 is 4.90 Å². The number of thioether (sulfide) groups is 1. The van der Waals surface area contributed by atoms with Crippen LogP contribution in [0.4, 0.5) is 11.4 Å². The number of hydrogen-bond donors (Lipinski definition) is 1. The Labute approximate surface area is 176 Å². The van der Waals surface area contributed by atoms with Crippen molar-refractivity contribution in [3.63, 3.8) is 0 Å². The van der Waals surface area contributed by atoms with Crippen molar-refractivity contribution in [1.29, 1.82) is 0 Å². The van der Waals surface area contributed by atoms with Gasteiger partial charge < -0.3 is 10.0 Å². The Balaban J connectivity index is 1.42. The van der Waals surface area contributed by atoms with Crippen LogP contribution in [0, 0.1) is 33.8 Å². The molecule has 4 aliphatic rings. The zero-order chi connectivity index (χ0) is 21.3. The molecule has 2 heterocycles. The number of nitrogens with zero attached hydrogens (tertiary/aromatic N) is 3. The molecule has 2 aliphatic carbocycles. The first-order valence-corrected chi connectivity index (χ1v) is 11.4. The fraction of sp³-hybridized carbons (Fsp3) is 0.550. The lowest BCUT2D eigenvalue weighted by molar-refractivity contribution is -0.384. The van der Waals surface area contributed by atoms with Crippen molar-refractivity contribution in [2.75, 3.05) is 16.9 Å². The van der Waals surface area contributed by atoms with Gasteiger partial charge in [0.2, 0.25) is 11.8 Å². The number of rotatable bonds is 7. The van der Waals surface area contributed by atoms with E-state index in [1.165, 1.54) is 17.8 Å². The monoisotopic (exact) mass is 431 g/mol. The Morgan fingerprint density at radius 2 is 1.83 bits per heavy atom. The van der Waals surface area contributed by atoms with E-state index in [9.17, 15) is 29.6 Å². The lowest BCUT2D eigenvalue weighted by atomic mass is 9.81. The number of aliphatic carboxylic acids is 1. The number of imide groups is 1. The first-order chi connectivity index (χ1) is 14.4. The summed E-state index contributed by atoms with van der Waals surface area (Å²) in [6.45, 7) is 0. The van der Waals surface area contributed by atoms with Gasteiger partial charge in [0, 0.05) is 6.07 Å². The van der Waals surface area contributed by atoms with Gasteiger partial charge in [-0.05, 0) is 42.8 Å². The Hall–Kier alpha value is -2.62. The summed E-state index contributed by atoms with van der Waals surface area (Å²) in [6, 6.07) is 5.44. The summed E-state index contributed by atoms with van der Waals surface area (Å²) in [7, 11) is 0. The van der Waals surface area contributed by atoms with Gasteiger partial charge in [0.25, 0.3) is 5.69 Å². The molecule has 0 radical (unpaired) electrons. The number of hydrogen-bond acceptors (Lipinski definition) is 7. The SMILES string of the molecule is CSCCC(C(=O)O)N1C(=O)C2C3CC(C2C1=O)C1C3N1c1ccccc1[N+](=O)[O-]. The maximum atomic E-state index is 13.2. The molecular weight excluding hydrogens is 410 g/mol. The number of benzene rings is 1. The van der Waals surface area contributed by atoms with E-state index in [0.717, 1.165) is 11.3 Å².